The summed E-state index contributed by atoms with van der Waals surface area (Å²) in [7, 11) is 2.17. The zero-order valence-corrected chi connectivity index (χ0v) is 14.2. The fraction of sp³-hybridized carbons (Fsp3) is 1.00. The van der Waals surface area contributed by atoms with Crippen LogP contribution in [-0.4, -0.2) is 37.1 Å². The van der Waals surface area contributed by atoms with Crippen LogP contribution in [0.5, 0.6) is 0 Å². The third kappa shape index (κ3) is 4.46. The van der Waals surface area contributed by atoms with Crippen LogP contribution in [0.4, 0.5) is 0 Å². The molecule has 0 amide bonds. The zero-order chi connectivity index (χ0) is 14.5. The molecule has 20 heavy (non-hydrogen) atoms. The number of hydrogen-bond acceptors (Lipinski definition) is 2. The Kier molecular flexibility index (Phi) is 6.35. The van der Waals surface area contributed by atoms with Crippen LogP contribution in [-0.2, 0) is 0 Å². The molecule has 0 saturated heterocycles. The molecule has 0 bridgehead atoms. The molecule has 2 heteroatoms. The average Bonchev–Trinajstić information content (AvgIpc) is 3.27. The highest BCUT2D eigenvalue weighted by molar-refractivity contribution is 4.91. The zero-order valence-electron chi connectivity index (χ0n) is 14.2. The second-order valence-corrected chi connectivity index (χ2v) is 7.55. The van der Waals surface area contributed by atoms with Crippen molar-refractivity contribution in [1.29, 1.82) is 0 Å². The Morgan fingerprint density at radius 2 is 1.90 bits per heavy atom. The summed E-state index contributed by atoms with van der Waals surface area (Å²) in [4.78, 5) is 2.82. The summed E-state index contributed by atoms with van der Waals surface area (Å²) < 4.78 is 0. The highest BCUT2D eigenvalue weighted by Gasteiger charge is 2.35. The van der Waals surface area contributed by atoms with Gasteiger partial charge in [0.25, 0.3) is 0 Å². The smallest absolute Gasteiger partial charge is 0.0105 e. The lowest BCUT2D eigenvalue weighted by molar-refractivity contribution is 0.120. The molecule has 118 valence electrons. The monoisotopic (exact) mass is 280 g/mol. The van der Waals surface area contributed by atoms with Crippen molar-refractivity contribution >= 4 is 0 Å². The van der Waals surface area contributed by atoms with Crippen molar-refractivity contribution in [1.82, 2.24) is 10.2 Å². The van der Waals surface area contributed by atoms with Crippen LogP contribution < -0.4 is 5.32 Å². The third-order valence-corrected chi connectivity index (χ3v) is 5.67. The highest BCUT2D eigenvalue weighted by atomic mass is 15.2. The van der Waals surface area contributed by atoms with Gasteiger partial charge < -0.3 is 10.2 Å². The van der Waals surface area contributed by atoms with Gasteiger partial charge in [0.2, 0.25) is 0 Å². The van der Waals surface area contributed by atoms with Crippen molar-refractivity contribution in [2.45, 2.75) is 77.8 Å². The van der Waals surface area contributed by atoms with Gasteiger partial charge in [0.05, 0.1) is 0 Å². The van der Waals surface area contributed by atoms with Crippen LogP contribution in [0.2, 0.25) is 0 Å². The van der Waals surface area contributed by atoms with Gasteiger partial charge in [-0.2, -0.15) is 0 Å². The maximum absolute atomic E-state index is 3.61. The predicted molar refractivity (Wildman–Crippen MR) is 88.0 cm³/mol. The Morgan fingerprint density at radius 3 is 2.45 bits per heavy atom. The van der Waals surface area contributed by atoms with E-state index in [-0.39, 0.29) is 0 Å². The van der Waals surface area contributed by atoms with Gasteiger partial charge in [-0.25, -0.2) is 0 Å². The molecule has 2 fully saturated rings. The van der Waals surface area contributed by atoms with Crippen LogP contribution in [0.3, 0.4) is 0 Å². The van der Waals surface area contributed by atoms with Gasteiger partial charge in [-0.05, 0) is 69.9 Å². The van der Waals surface area contributed by atoms with E-state index < -0.39 is 0 Å². The molecule has 2 rings (SSSR count). The fourth-order valence-electron chi connectivity index (χ4n) is 4.01. The maximum Gasteiger partial charge on any atom is 0.0105 e. The van der Waals surface area contributed by atoms with Gasteiger partial charge >= 0.3 is 0 Å². The van der Waals surface area contributed by atoms with Gasteiger partial charge in [0.15, 0.2) is 0 Å². The number of nitrogens with one attached hydrogen (secondary N) is 1. The van der Waals surface area contributed by atoms with Crippen molar-refractivity contribution in [3.8, 4) is 0 Å². The molecule has 1 N–H and O–H groups in total. The molecule has 2 saturated carbocycles. The molecule has 3 unspecified atom stereocenters. The Morgan fingerprint density at radius 1 is 1.15 bits per heavy atom. The summed E-state index contributed by atoms with van der Waals surface area (Å²) in [6.45, 7) is 9.82. The van der Waals surface area contributed by atoms with Gasteiger partial charge in [-0.1, -0.05) is 27.2 Å². The van der Waals surface area contributed by atoms with E-state index in [0.29, 0.717) is 0 Å². The SMILES string of the molecule is CCCCN(CC1CC(C(C)C)CCC1NC)C1CC1. The number of unbranched alkanes of at least 4 members (excludes halogenated alkanes) is 1. The lowest BCUT2D eigenvalue weighted by Crippen LogP contribution is -2.46. The van der Waals surface area contributed by atoms with Crippen molar-refractivity contribution in [3.05, 3.63) is 0 Å². The summed E-state index contributed by atoms with van der Waals surface area (Å²) in [6.07, 6.45) is 9.87. The van der Waals surface area contributed by atoms with E-state index in [1.165, 1.54) is 58.0 Å². The lowest BCUT2D eigenvalue weighted by atomic mass is 9.73. The molecule has 0 aromatic carbocycles. The second-order valence-electron chi connectivity index (χ2n) is 7.55. The molecule has 0 aliphatic heterocycles. The minimum Gasteiger partial charge on any atom is -0.317 e. The molecule has 2 aliphatic rings. The van der Waals surface area contributed by atoms with Gasteiger partial charge in [-0.3, -0.25) is 0 Å². The van der Waals surface area contributed by atoms with E-state index in [1.54, 1.807) is 0 Å². The van der Waals surface area contributed by atoms with Crippen LogP contribution >= 0.6 is 0 Å². The van der Waals surface area contributed by atoms with Crippen molar-refractivity contribution < 1.29 is 0 Å². The fourth-order valence-corrected chi connectivity index (χ4v) is 4.01. The Hall–Kier alpha value is -0.0800. The molecule has 0 aromatic rings. The maximum atomic E-state index is 3.61. The van der Waals surface area contributed by atoms with Crippen LogP contribution in [0, 0.1) is 17.8 Å². The van der Waals surface area contributed by atoms with E-state index >= 15 is 0 Å². The molecule has 0 aromatic heterocycles. The molecule has 0 spiro atoms. The second kappa shape index (κ2) is 7.79. The van der Waals surface area contributed by atoms with Gasteiger partial charge in [-0.15, -0.1) is 0 Å². The Balaban J connectivity index is 1.91. The number of nitrogens with zero attached hydrogens (tertiary/aromatic N) is 1. The van der Waals surface area contributed by atoms with Crippen molar-refractivity contribution in [3.63, 3.8) is 0 Å². The lowest BCUT2D eigenvalue weighted by Gasteiger charge is -2.40. The quantitative estimate of drug-likeness (QED) is 0.725. The predicted octanol–water partition coefficient (Wildman–Crippen LogP) is 3.91. The summed E-state index contributed by atoms with van der Waals surface area (Å²) in [5, 5.41) is 3.61. The van der Waals surface area contributed by atoms with E-state index in [0.717, 1.165) is 29.8 Å². The minimum atomic E-state index is 0.757. The first kappa shape index (κ1) is 16.3. The average molecular weight is 281 g/mol. The van der Waals surface area contributed by atoms with Crippen molar-refractivity contribution in [2.75, 3.05) is 20.1 Å². The van der Waals surface area contributed by atoms with E-state index in [2.05, 4.69) is 38.0 Å². The highest BCUT2D eigenvalue weighted by Crippen LogP contribution is 2.36. The number of rotatable bonds is 8. The third-order valence-electron chi connectivity index (χ3n) is 5.67. The Bertz CT molecular complexity index is 273. The molecular formula is C18H36N2. The summed E-state index contributed by atoms with van der Waals surface area (Å²) >= 11 is 0. The van der Waals surface area contributed by atoms with E-state index in [9.17, 15) is 0 Å². The summed E-state index contributed by atoms with van der Waals surface area (Å²) in [6, 6.07) is 1.69. The molecule has 2 aliphatic carbocycles. The molecule has 0 radical (unpaired) electrons. The Labute approximate surface area is 126 Å². The van der Waals surface area contributed by atoms with Gasteiger partial charge in [0, 0.05) is 18.6 Å². The molecule has 3 atom stereocenters. The molecule has 0 heterocycles. The van der Waals surface area contributed by atoms with E-state index in [4.69, 9.17) is 0 Å². The van der Waals surface area contributed by atoms with Crippen molar-refractivity contribution in [2.24, 2.45) is 17.8 Å². The summed E-state index contributed by atoms with van der Waals surface area (Å²) in [5.74, 6) is 2.69. The molecular weight excluding hydrogens is 244 g/mol. The first-order chi connectivity index (χ1) is 9.65. The molecule has 2 nitrogen and oxygen atoms in total. The topological polar surface area (TPSA) is 15.3 Å². The largest absolute Gasteiger partial charge is 0.317 e. The first-order valence-corrected chi connectivity index (χ1v) is 9.07. The standard InChI is InChI=1S/C18H36N2/c1-5-6-11-20(17-8-9-17)13-16-12-15(14(2)3)7-10-18(16)19-4/h14-19H,5-13H2,1-4H3. The number of hydrogen-bond donors (Lipinski definition) is 1. The van der Waals surface area contributed by atoms with Gasteiger partial charge in [0.1, 0.15) is 0 Å². The van der Waals surface area contributed by atoms with Crippen LogP contribution in [0.1, 0.15) is 65.7 Å². The van der Waals surface area contributed by atoms with Crippen LogP contribution in [0.15, 0.2) is 0 Å². The van der Waals surface area contributed by atoms with Crippen LogP contribution in [0.25, 0.3) is 0 Å². The summed E-state index contributed by atoms with van der Waals surface area (Å²) in [5.41, 5.74) is 0. The normalized spacial score (nSPS) is 31.2. The van der Waals surface area contributed by atoms with E-state index in [1.807, 2.05) is 0 Å². The first-order valence-electron chi connectivity index (χ1n) is 9.07. The minimum absolute atomic E-state index is 0.757.